The number of halogens is 1. The van der Waals surface area contributed by atoms with Gasteiger partial charge < -0.3 is 10.4 Å². The van der Waals surface area contributed by atoms with Crippen molar-refractivity contribution in [3.63, 3.8) is 0 Å². The minimum Gasteiger partial charge on any atom is -0.478 e. The van der Waals surface area contributed by atoms with E-state index in [-0.39, 0.29) is 17.0 Å². The largest absolute Gasteiger partial charge is 0.478 e. The van der Waals surface area contributed by atoms with Crippen molar-refractivity contribution >= 4 is 50.0 Å². The molecule has 0 aliphatic carbocycles. The fourth-order valence-corrected chi connectivity index (χ4v) is 2.63. The first-order valence-electron chi connectivity index (χ1n) is 5.27. The topological polar surface area (TPSA) is 101 Å². The van der Waals surface area contributed by atoms with Crippen LogP contribution in [-0.2, 0) is 14.6 Å². The summed E-state index contributed by atoms with van der Waals surface area (Å²) in [6.45, 7) is 1.45. The molecule has 8 heteroatoms. The molecule has 0 saturated carbocycles. The quantitative estimate of drug-likeness (QED) is 0.731. The molecule has 0 atom stereocenters. The summed E-state index contributed by atoms with van der Waals surface area (Å²) in [5, 5.41) is 11.3. The molecular formula is C11H12INO5S. The fraction of sp³-hybridized carbons (Fsp3) is 0.273. The van der Waals surface area contributed by atoms with Gasteiger partial charge in [-0.3, -0.25) is 4.79 Å². The first-order valence-corrected chi connectivity index (χ1v) is 8.17. The number of amides is 1. The van der Waals surface area contributed by atoms with Crippen LogP contribution in [-0.4, -0.2) is 36.9 Å². The summed E-state index contributed by atoms with van der Waals surface area (Å²) in [6, 6.07) is 4.28. The minimum absolute atomic E-state index is 0.0283. The number of carboxylic acid groups (broad SMARTS) is 1. The van der Waals surface area contributed by atoms with E-state index in [1.807, 2.05) is 22.6 Å². The van der Waals surface area contributed by atoms with Gasteiger partial charge in [-0.05, 0) is 40.8 Å². The number of carbonyl (C=O) groups excluding carboxylic acids is 1. The minimum atomic E-state index is -3.41. The van der Waals surface area contributed by atoms with Gasteiger partial charge in [0.2, 0.25) is 5.91 Å². The van der Waals surface area contributed by atoms with Crippen LogP contribution < -0.4 is 5.32 Å². The van der Waals surface area contributed by atoms with Crippen molar-refractivity contribution in [2.45, 2.75) is 6.92 Å². The molecule has 0 aromatic heterocycles. The summed E-state index contributed by atoms with van der Waals surface area (Å²) in [7, 11) is -3.41. The van der Waals surface area contributed by atoms with Crippen LogP contribution in [0.15, 0.2) is 18.2 Å². The Balaban J connectivity index is 2.88. The molecule has 0 radical (unpaired) electrons. The van der Waals surface area contributed by atoms with E-state index in [4.69, 9.17) is 5.11 Å². The van der Waals surface area contributed by atoms with E-state index < -0.39 is 27.5 Å². The number of anilines is 1. The maximum absolute atomic E-state index is 11.5. The van der Waals surface area contributed by atoms with Crippen LogP contribution in [0.1, 0.15) is 17.3 Å². The van der Waals surface area contributed by atoms with E-state index in [9.17, 15) is 18.0 Å². The zero-order valence-corrected chi connectivity index (χ0v) is 13.0. The number of benzene rings is 1. The Morgan fingerprint density at radius 3 is 2.47 bits per heavy atom. The average Bonchev–Trinajstić information content (AvgIpc) is 2.27. The average molecular weight is 397 g/mol. The molecule has 0 bridgehead atoms. The summed E-state index contributed by atoms with van der Waals surface area (Å²) in [5.74, 6) is -2.53. The van der Waals surface area contributed by atoms with Gasteiger partial charge in [-0.15, -0.1) is 0 Å². The summed E-state index contributed by atoms with van der Waals surface area (Å²) < 4.78 is 23.2. The highest BCUT2D eigenvalue weighted by atomic mass is 127. The van der Waals surface area contributed by atoms with Crippen molar-refractivity contribution in [1.29, 1.82) is 0 Å². The number of aromatic carboxylic acids is 1. The summed E-state index contributed by atoms with van der Waals surface area (Å²) in [5.41, 5.74) is 0.293. The molecule has 0 saturated heterocycles. The zero-order valence-electron chi connectivity index (χ0n) is 10.0. The molecule has 1 rings (SSSR count). The normalized spacial score (nSPS) is 11.1. The summed E-state index contributed by atoms with van der Waals surface area (Å²) in [4.78, 5) is 22.4. The zero-order chi connectivity index (χ0) is 14.6. The highest BCUT2D eigenvalue weighted by Gasteiger charge is 2.15. The maximum Gasteiger partial charge on any atom is 0.335 e. The number of hydrogen-bond acceptors (Lipinski definition) is 4. The molecule has 1 amide bonds. The number of carboxylic acids is 1. The number of rotatable bonds is 5. The smallest absolute Gasteiger partial charge is 0.335 e. The Morgan fingerprint density at radius 2 is 1.95 bits per heavy atom. The Kier molecular flexibility index (Phi) is 5.29. The van der Waals surface area contributed by atoms with Gasteiger partial charge in [0.25, 0.3) is 0 Å². The van der Waals surface area contributed by atoms with E-state index in [1.165, 1.54) is 19.1 Å². The monoisotopic (exact) mass is 397 g/mol. The molecule has 2 N–H and O–H groups in total. The van der Waals surface area contributed by atoms with Gasteiger partial charge in [0.1, 0.15) is 5.75 Å². The number of nitrogens with one attached hydrogen (secondary N) is 1. The molecule has 0 heterocycles. The predicted octanol–water partition coefficient (Wildman–Crippen LogP) is 1.36. The van der Waals surface area contributed by atoms with E-state index in [2.05, 4.69) is 5.32 Å². The number of carbonyl (C=O) groups is 2. The van der Waals surface area contributed by atoms with Crippen molar-refractivity contribution in [2.75, 3.05) is 16.8 Å². The molecule has 0 fully saturated rings. The van der Waals surface area contributed by atoms with Crippen LogP contribution in [0.2, 0.25) is 0 Å². The first-order chi connectivity index (χ1) is 8.73. The molecule has 1 aromatic carbocycles. The van der Waals surface area contributed by atoms with E-state index in [1.54, 1.807) is 6.07 Å². The van der Waals surface area contributed by atoms with Gasteiger partial charge in [-0.25, -0.2) is 13.2 Å². The lowest BCUT2D eigenvalue weighted by Gasteiger charge is -2.07. The molecule has 1 aromatic rings. The molecule has 6 nitrogen and oxygen atoms in total. The third-order valence-corrected chi connectivity index (χ3v) is 4.42. The predicted molar refractivity (Wildman–Crippen MR) is 79.1 cm³/mol. The van der Waals surface area contributed by atoms with E-state index >= 15 is 0 Å². The number of hydrogen-bond donors (Lipinski definition) is 2. The second-order valence-electron chi connectivity index (χ2n) is 3.76. The van der Waals surface area contributed by atoms with Crippen LogP contribution >= 0.6 is 22.6 Å². The Morgan fingerprint density at radius 1 is 1.32 bits per heavy atom. The van der Waals surface area contributed by atoms with Gasteiger partial charge in [0.05, 0.1) is 5.56 Å². The summed E-state index contributed by atoms with van der Waals surface area (Å²) in [6.07, 6.45) is 0. The van der Waals surface area contributed by atoms with Crippen molar-refractivity contribution in [3.8, 4) is 0 Å². The first kappa shape index (κ1) is 15.9. The van der Waals surface area contributed by atoms with Crippen LogP contribution in [0.5, 0.6) is 0 Å². The van der Waals surface area contributed by atoms with Gasteiger partial charge >= 0.3 is 5.97 Å². The third-order valence-electron chi connectivity index (χ3n) is 2.22. The Hall–Kier alpha value is -1.16. The fourth-order valence-electron chi connectivity index (χ4n) is 1.28. The van der Waals surface area contributed by atoms with Gasteiger partial charge in [-0.2, -0.15) is 0 Å². The lowest BCUT2D eigenvalue weighted by atomic mass is 10.2. The summed E-state index contributed by atoms with van der Waals surface area (Å²) >= 11 is 1.91. The third kappa shape index (κ3) is 5.15. The van der Waals surface area contributed by atoms with E-state index in [0.717, 1.165) is 0 Å². The Bertz CT molecular complexity index is 612. The highest BCUT2D eigenvalue weighted by molar-refractivity contribution is 14.1. The van der Waals surface area contributed by atoms with Gasteiger partial charge in [0.15, 0.2) is 9.84 Å². The SMILES string of the molecule is CCS(=O)(=O)CC(=O)Nc1cc(I)cc(C(=O)O)c1. The van der Waals surface area contributed by atoms with Gasteiger partial charge in [0, 0.05) is 15.0 Å². The second kappa shape index (κ2) is 6.33. The number of sulfone groups is 1. The van der Waals surface area contributed by atoms with Crippen molar-refractivity contribution < 1.29 is 23.1 Å². The van der Waals surface area contributed by atoms with Crippen LogP contribution in [0.25, 0.3) is 0 Å². The molecule has 0 unspecified atom stereocenters. The Labute approximate surface area is 124 Å². The lowest BCUT2D eigenvalue weighted by molar-refractivity contribution is -0.113. The van der Waals surface area contributed by atoms with Crippen molar-refractivity contribution in [3.05, 3.63) is 27.3 Å². The standard InChI is InChI=1S/C11H12INO5S/c1-2-19(17,18)6-10(14)13-9-4-7(11(15)16)3-8(12)5-9/h3-5H,2,6H2,1H3,(H,13,14)(H,15,16). The van der Waals surface area contributed by atoms with Crippen LogP contribution in [0.4, 0.5) is 5.69 Å². The van der Waals surface area contributed by atoms with E-state index in [0.29, 0.717) is 3.57 Å². The molecule has 19 heavy (non-hydrogen) atoms. The van der Waals surface area contributed by atoms with Crippen LogP contribution in [0, 0.1) is 3.57 Å². The molecular weight excluding hydrogens is 385 g/mol. The van der Waals surface area contributed by atoms with Gasteiger partial charge in [-0.1, -0.05) is 6.92 Å². The molecule has 104 valence electrons. The lowest BCUT2D eigenvalue weighted by Crippen LogP contribution is -2.24. The highest BCUT2D eigenvalue weighted by Crippen LogP contribution is 2.17. The van der Waals surface area contributed by atoms with Crippen molar-refractivity contribution in [2.24, 2.45) is 0 Å². The van der Waals surface area contributed by atoms with Crippen LogP contribution in [0.3, 0.4) is 0 Å². The molecule has 0 spiro atoms. The molecule has 0 aliphatic rings. The molecule has 0 aliphatic heterocycles. The maximum atomic E-state index is 11.5. The second-order valence-corrected chi connectivity index (χ2v) is 7.36. The van der Waals surface area contributed by atoms with Crippen molar-refractivity contribution in [1.82, 2.24) is 0 Å².